The molecule has 2 aliphatic heterocycles. The van der Waals surface area contributed by atoms with Gasteiger partial charge in [0, 0.05) is 97.9 Å². The molecule has 2 N–H and O–H groups in total. The van der Waals surface area contributed by atoms with E-state index in [1.807, 2.05) is 53.6 Å². The van der Waals surface area contributed by atoms with Crippen LogP contribution in [0.25, 0.3) is 33.5 Å². The van der Waals surface area contributed by atoms with Crippen molar-refractivity contribution in [2.24, 2.45) is 5.41 Å². The highest BCUT2D eigenvalue weighted by Crippen LogP contribution is 2.40. The van der Waals surface area contributed by atoms with Gasteiger partial charge in [0.1, 0.15) is 5.69 Å². The van der Waals surface area contributed by atoms with Gasteiger partial charge in [-0.1, -0.05) is 0 Å². The molecule has 5 heterocycles. The minimum Gasteiger partial charge on any atom is -0.384 e. The monoisotopic (exact) mass is 671 g/mol. The molecule has 2 amide bonds. The number of amides is 2. The number of H-pyrrole nitrogens is 1. The SMILES string of the molecule is COC[C@@]1(C(=O)Nc2ccc3[nH]nc(-c4ccnc(C5CC5)c4)c3c2)CCN(CC(=O)N2CCN(c3ccc(-c4ncccn4)cc3)CC2)C1. The number of carbonyl (C=O) groups is 2. The first-order valence-electron chi connectivity index (χ1n) is 17.4. The first kappa shape index (κ1) is 32.0. The second-order valence-electron chi connectivity index (χ2n) is 13.7. The van der Waals surface area contributed by atoms with Crippen LogP contribution < -0.4 is 10.2 Å². The first-order valence-corrected chi connectivity index (χ1v) is 17.4. The number of ether oxygens (including phenoxy) is 1. The molecule has 1 atom stereocenters. The second-order valence-corrected chi connectivity index (χ2v) is 13.7. The highest BCUT2D eigenvalue weighted by Gasteiger charge is 2.45. The van der Waals surface area contributed by atoms with E-state index >= 15 is 0 Å². The fraction of sp³-hybridized carbons (Fsp3) is 0.368. The summed E-state index contributed by atoms with van der Waals surface area (Å²) in [6.45, 7) is 4.48. The van der Waals surface area contributed by atoms with Crippen molar-refractivity contribution < 1.29 is 14.3 Å². The number of aromatic nitrogens is 5. The van der Waals surface area contributed by atoms with Crippen molar-refractivity contribution in [2.75, 3.05) is 69.7 Å². The Hall–Kier alpha value is -5.20. The van der Waals surface area contributed by atoms with Gasteiger partial charge in [0.15, 0.2) is 5.82 Å². The summed E-state index contributed by atoms with van der Waals surface area (Å²) in [5, 5.41) is 11.8. The van der Waals surface area contributed by atoms with E-state index in [1.54, 1.807) is 19.5 Å². The molecule has 0 bridgehead atoms. The van der Waals surface area contributed by atoms with Crippen molar-refractivity contribution in [1.82, 2.24) is 34.9 Å². The Morgan fingerprint density at radius 3 is 2.48 bits per heavy atom. The van der Waals surface area contributed by atoms with Crippen molar-refractivity contribution in [3.63, 3.8) is 0 Å². The molecule has 1 aliphatic carbocycles. The summed E-state index contributed by atoms with van der Waals surface area (Å²) in [6, 6.07) is 20.0. The smallest absolute Gasteiger partial charge is 0.236 e. The molecule has 3 fully saturated rings. The Morgan fingerprint density at radius 1 is 0.920 bits per heavy atom. The first-order chi connectivity index (χ1) is 24.5. The lowest BCUT2D eigenvalue weighted by Crippen LogP contribution is -2.51. The van der Waals surface area contributed by atoms with Crippen molar-refractivity contribution in [3.05, 3.63) is 84.9 Å². The van der Waals surface area contributed by atoms with Crippen LogP contribution in [-0.2, 0) is 14.3 Å². The molecule has 3 aromatic heterocycles. The van der Waals surface area contributed by atoms with E-state index in [0.717, 1.165) is 52.2 Å². The Bertz CT molecular complexity index is 1990. The predicted molar refractivity (Wildman–Crippen MR) is 192 cm³/mol. The number of nitrogens with zero attached hydrogens (tertiary/aromatic N) is 7. The van der Waals surface area contributed by atoms with Crippen LogP contribution >= 0.6 is 0 Å². The average molecular weight is 672 g/mol. The summed E-state index contributed by atoms with van der Waals surface area (Å²) in [6.07, 6.45) is 8.31. The number of piperazine rings is 1. The van der Waals surface area contributed by atoms with Gasteiger partial charge in [-0.2, -0.15) is 5.10 Å². The Labute approximate surface area is 290 Å². The van der Waals surface area contributed by atoms with E-state index in [9.17, 15) is 9.59 Å². The zero-order chi connectivity index (χ0) is 34.1. The number of hydrogen-bond donors (Lipinski definition) is 2. The Kier molecular flexibility index (Phi) is 8.71. The Morgan fingerprint density at radius 2 is 1.72 bits per heavy atom. The summed E-state index contributed by atoms with van der Waals surface area (Å²) in [5.41, 5.74) is 5.90. The van der Waals surface area contributed by atoms with Crippen LogP contribution in [0.2, 0.25) is 0 Å². The van der Waals surface area contributed by atoms with E-state index in [0.29, 0.717) is 50.0 Å². The maximum Gasteiger partial charge on any atom is 0.236 e. The highest BCUT2D eigenvalue weighted by atomic mass is 16.5. The fourth-order valence-corrected chi connectivity index (χ4v) is 7.29. The van der Waals surface area contributed by atoms with Crippen LogP contribution in [0.15, 0.2) is 79.3 Å². The number of benzene rings is 2. The van der Waals surface area contributed by atoms with Crippen LogP contribution in [0, 0.1) is 5.41 Å². The number of fused-ring (bicyclic) bond motifs is 1. The minimum atomic E-state index is -0.761. The number of anilines is 2. The number of rotatable bonds is 10. The molecule has 12 nitrogen and oxygen atoms in total. The zero-order valence-electron chi connectivity index (χ0n) is 28.2. The molecule has 0 spiro atoms. The largest absolute Gasteiger partial charge is 0.384 e. The summed E-state index contributed by atoms with van der Waals surface area (Å²) in [4.78, 5) is 46.9. The van der Waals surface area contributed by atoms with Gasteiger partial charge in [-0.25, -0.2) is 9.97 Å². The number of carbonyl (C=O) groups excluding carboxylic acids is 2. The second kappa shape index (κ2) is 13.6. The quantitative estimate of drug-likeness (QED) is 0.219. The molecule has 50 heavy (non-hydrogen) atoms. The van der Waals surface area contributed by atoms with E-state index in [4.69, 9.17) is 4.74 Å². The molecule has 1 saturated carbocycles. The van der Waals surface area contributed by atoms with Gasteiger partial charge >= 0.3 is 0 Å². The summed E-state index contributed by atoms with van der Waals surface area (Å²) >= 11 is 0. The molecular formula is C38H41N9O3. The van der Waals surface area contributed by atoms with Gasteiger partial charge in [-0.15, -0.1) is 0 Å². The van der Waals surface area contributed by atoms with Gasteiger partial charge in [0.05, 0.1) is 24.1 Å². The zero-order valence-corrected chi connectivity index (χ0v) is 28.2. The van der Waals surface area contributed by atoms with E-state index in [1.165, 1.54) is 12.8 Å². The number of methoxy groups -OCH3 is 1. The fourth-order valence-electron chi connectivity index (χ4n) is 7.29. The van der Waals surface area contributed by atoms with Crippen LogP contribution in [0.1, 0.15) is 30.9 Å². The molecule has 256 valence electrons. The van der Waals surface area contributed by atoms with Crippen molar-refractivity contribution >= 4 is 34.1 Å². The van der Waals surface area contributed by atoms with Crippen molar-refractivity contribution in [3.8, 4) is 22.6 Å². The van der Waals surface area contributed by atoms with E-state index < -0.39 is 5.41 Å². The maximum absolute atomic E-state index is 13.9. The Balaban J connectivity index is 0.880. The molecule has 8 rings (SSSR count). The molecule has 0 radical (unpaired) electrons. The third-order valence-corrected chi connectivity index (χ3v) is 10.3. The number of aromatic amines is 1. The van der Waals surface area contributed by atoms with Crippen LogP contribution in [0.3, 0.4) is 0 Å². The van der Waals surface area contributed by atoms with Crippen LogP contribution in [-0.4, -0.2) is 106 Å². The lowest BCUT2D eigenvalue weighted by Gasteiger charge is -2.37. The normalized spacial score (nSPS) is 19.6. The highest BCUT2D eigenvalue weighted by molar-refractivity contribution is 6.00. The summed E-state index contributed by atoms with van der Waals surface area (Å²) in [7, 11) is 1.62. The van der Waals surface area contributed by atoms with Crippen molar-refractivity contribution in [2.45, 2.75) is 25.2 Å². The van der Waals surface area contributed by atoms with Gasteiger partial charge in [0.25, 0.3) is 0 Å². The summed E-state index contributed by atoms with van der Waals surface area (Å²) < 4.78 is 5.60. The molecular weight excluding hydrogens is 630 g/mol. The minimum absolute atomic E-state index is 0.0914. The molecule has 0 unspecified atom stereocenters. The number of hydrogen-bond acceptors (Lipinski definition) is 9. The van der Waals surface area contributed by atoms with Crippen molar-refractivity contribution in [1.29, 1.82) is 0 Å². The molecule has 3 aliphatic rings. The molecule has 5 aromatic rings. The summed E-state index contributed by atoms with van der Waals surface area (Å²) in [5.74, 6) is 1.24. The number of pyridine rings is 1. The van der Waals surface area contributed by atoms with Gasteiger partial charge in [-0.3, -0.25) is 24.6 Å². The maximum atomic E-state index is 13.9. The van der Waals surface area contributed by atoms with Gasteiger partial charge in [-0.05, 0) is 86.5 Å². The average Bonchev–Trinajstić information content (AvgIpc) is 3.81. The lowest BCUT2D eigenvalue weighted by atomic mass is 9.87. The van der Waals surface area contributed by atoms with Gasteiger partial charge < -0.3 is 19.9 Å². The lowest BCUT2D eigenvalue weighted by molar-refractivity contribution is -0.133. The molecule has 2 saturated heterocycles. The van der Waals surface area contributed by atoms with Gasteiger partial charge in [0.2, 0.25) is 11.8 Å². The number of nitrogens with one attached hydrogen (secondary N) is 2. The van der Waals surface area contributed by atoms with Crippen LogP contribution in [0.5, 0.6) is 0 Å². The van der Waals surface area contributed by atoms with E-state index in [2.05, 4.69) is 58.5 Å². The molecule has 12 heteroatoms. The predicted octanol–water partition coefficient (Wildman–Crippen LogP) is 4.59. The third-order valence-electron chi connectivity index (χ3n) is 10.3. The standard InChI is InChI=1S/C38H41N9O3/c1-50-25-38(37(49)42-29-7-10-32-31(22-29)35(44-43-32)28-11-15-39-33(21-28)26-3-4-26)12-16-45(24-38)23-34(48)47-19-17-46(18-20-47)30-8-5-27(6-9-30)36-40-13-2-14-41-36/h2,5-11,13-15,21-22,26H,3-4,12,16-20,23-25H2,1H3,(H,42,49)(H,43,44)/t38-/m1/s1. The third kappa shape index (κ3) is 6.56. The van der Waals surface area contributed by atoms with Crippen LogP contribution in [0.4, 0.5) is 11.4 Å². The van der Waals surface area contributed by atoms with E-state index in [-0.39, 0.29) is 25.0 Å². The number of likely N-dealkylation sites (tertiary alicyclic amines) is 1. The topological polar surface area (TPSA) is 132 Å². The molecule has 2 aromatic carbocycles.